The van der Waals surface area contributed by atoms with Gasteiger partial charge in [-0.05, 0) is 24.3 Å². The number of nitrogens with zero attached hydrogens (tertiary/aromatic N) is 2. The van der Waals surface area contributed by atoms with Crippen molar-refractivity contribution >= 4 is 28.8 Å². The molecule has 2 heterocycles. The maximum Gasteiger partial charge on any atom is 0.312 e. The molecule has 0 aliphatic carbocycles. The van der Waals surface area contributed by atoms with E-state index in [1.54, 1.807) is 30.3 Å². The maximum atomic E-state index is 12.0. The van der Waals surface area contributed by atoms with Crippen molar-refractivity contribution in [1.82, 2.24) is 15.4 Å². The monoisotopic (exact) mass is 385 g/mol. The number of ether oxygens (including phenoxy) is 1. The van der Waals surface area contributed by atoms with Gasteiger partial charge in [-0.15, -0.1) is 0 Å². The molecule has 1 N–H and O–H groups in total. The summed E-state index contributed by atoms with van der Waals surface area (Å²) in [6.45, 7) is -0.393. The Morgan fingerprint density at radius 1 is 1.18 bits per heavy atom. The Morgan fingerprint density at radius 3 is 2.79 bits per heavy atom. The van der Waals surface area contributed by atoms with Crippen molar-refractivity contribution in [2.24, 2.45) is 0 Å². The molecule has 3 rings (SSSR count). The summed E-state index contributed by atoms with van der Waals surface area (Å²) in [6.07, 6.45) is 1.39. The van der Waals surface area contributed by atoms with Gasteiger partial charge in [0.25, 0.3) is 5.91 Å². The third kappa shape index (κ3) is 4.97. The average Bonchev–Trinajstić information content (AvgIpc) is 3.35. The molecule has 0 bridgehead atoms. The molecule has 2 aromatic heterocycles. The van der Waals surface area contributed by atoms with E-state index in [0.29, 0.717) is 17.0 Å². The van der Waals surface area contributed by atoms with E-state index in [-0.39, 0.29) is 25.4 Å². The highest BCUT2D eigenvalue weighted by Gasteiger charge is 2.17. The Balaban J connectivity index is 1.41. The van der Waals surface area contributed by atoms with Crippen LogP contribution in [0.2, 0.25) is 0 Å². The number of nitrogens with one attached hydrogen (secondary N) is 1. The number of carbonyl (C=O) groups is 3. The van der Waals surface area contributed by atoms with Gasteiger partial charge in [-0.1, -0.05) is 17.3 Å². The standard InChI is InChI=1S/C19H19N3O6/c1-22(11-17(23)20-10-13-5-4-8-26-13)18(24)12-27-19(25)9-15-14-6-2-3-7-16(14)28-21-15/h2-8H,9-12H2,1H3,(H,20,23). The lowest BCUT2D eigenvalue weighted by molar-refractivity contribution is -0.151. The van der Waals surface area contributed by atoms with E-state index >= 15 is 0 Å². The van der Waals surface area contributed by atoms with Crippen molar-refractivity contribution in [2.45, 2.75) is 13.0 Å². The van der Waals surface area contributed by atoms with Gasteiger partial charge in [0.05, 0.1) is 25.8 Å². The molecule has 0 saturated carbocycles. The molecule has 3 aromatic rings. The van der Waals surface area contributed by atoms with Crippen molar-refractivity contribution in [3.63, 3.8) is 0 Å². The van der Waals surface area contributed by atoms with Crippen LogP contribution in [-0.4, -0.2) is 48.0 Å². The average molecular weight is 385 g/mol. The van der Waals surface area contributed by atoms with Gasteiger partial charge in [0, 0.05) is 12.4 Å². The molecule has 0 atom stereocenters. The lowest BCUT2D eigenvalue weighted by Crippen LogP contribution is -2.40. The summed E-state index contributed by atoms with van der Waals surface area (Å²) < 4.78 is 15.2. The molecule has 0 fully saturated rings. The highest BCUT2D eigenvalue weighted by molar-refractivity contribution is 5.87. The molecule has 0 aliphatic rings. The molecule has 1 aromatic carbocycles. The molecule has 0 unspecified atom stereocenters. The minimum absolute atomic E-state index is 0.113. The molecule has 0 radical (unpaired) electrons. The van der Waals surface area contributed by atoms with Crippen LogP contribution in [0.4, 0.5) is 0 Å². The van der Waals surface area contributed by atoms with E-state index in [1.807, 2.05) is 6.07 Å². The summed E-state index contributed by atoms with van der Waals surface area (Å²) in [4.78, 5) is 37.1. The number of hydrogen-bond acceptors (Lipinski definition) is 7. The van der Waals surface area contributed by atoms with Gasteiger partial charge in [-0.2, -0.15) is 0 Å². The van der Waals surface area contributed by atoms with Crippen molar-refractivity contribution in [1.29, 1.82) is 0 Å². The largest absolute Gasteiger partial charge is 0.467 e. The number of carbonyl (C=O) groups excluding carboxylic acids is 3. The number of rotatable bonds is 8. The molecule has 0 spiro atoms. The van der Waals surface area contributed by atoms with Gasteiger partial charge >= 0.3 is 5.97 Å². The topological polar surface area (TPSA) is 115 Å². The molecule has 2 amide bonds. The molecule has 9 nitrogen and oxygen atoms in total. The number of fused-ring (bicyclic) bond motifs is 1. The van der Waals surface area contributed by atoms with Gasteiger partial charge in [-0.25, -0.2) is 0 Å². The molecule has 0 saturated heterocycles. The summed E-state index contributed by atoms with van der Waals surface area (Å²) in [5, 5.41) is 7.19. The zero-order valence-corrected chi connectivity index (χ0v) is 15.2. The van der Waals surface area contributed by atoms with E-state index in [4.69, 9.17) is 13.7 Å². The van der Waals surface area contributed by atoms with Crippen LogP contribution >= 0.6 is 0 Å². The second kappa shape index (κ2) is 8.85. The molecule has 28 heavy (non-hydrogen) atoms. The normalized spacial score (nSPS) is 10.6. The van der Waals surface area contributed by atoms with Crippen LogP contribution in [0.3, 0.4) is 0 Å². The number of esters is 1. The Bertz CT molecular complexity index is 963. The lowest BCUT2D eigenvalue weighted by atomic mass is 10.2. The SMILES string of the molecule is CN(CC(=O)NCc1ccco1)C(=O)COC(=O)Cc1noc2ccccc12. The first kappa shape index (κ1) is 19.2. The minimum Gasteiger partial charge on any atom is -0.467 e. The number of benzene rings is 1. The highest BCUT2D eigenvalue weighted by atomic mass is 16.5. The summed E-state index contributed by atoms with van der Waals surface area (Å²) in [6, 6.07) is 10.6. The zero-order chi connectivity index (χ0) is 19.9. The molecule has 9 heteroatoms. The number of amides is 2. The van der Waals surface area contributed by atoms with Crippen LogP contribution in [0, 0.1) is 0 Å². The smallest absolute Gasteiger partial charge is 0.312 e. The van der Waals surface area contributed by atoms with Gasteiger partial charge in [0.2, 0.25) is 5.91 Å². The number of hydrogen-bond donors (Lipinski definition) is 1. The van der Waals surface area contributed by atoms with Gasteiger partial charge in [-0.3, -0.25) is 14.4 Å². The van der Waals surface area contributed by atoms with Gasteiger partial charge < -0.3 is 23.9 Å². The zero-order valence-electron chi connectivity index (χ0n) is 15.2. The fourth-order valence-corrected chi connectivity index (χ4v) is 2.46. The van der Waals surface area contributed by atoms with Crippen LogP contribution < -0.4 is 5.32 Å². The fraction of sp³-hybridized carbons (Fsp3) is 0.263. The van der Waals surface area contributed by atoms with Crippen LogP contribution in [0.25, 0.3) is 11.0 Å². The first-order chi connectivity index (χ1) is 13.5. The van der Waals surface area contributed by atoms with E-state index in [9.17, 15) is 14.4 Å². The fourth-order valence-electron chi connectivity index (χ4n) is 2.46. The van der Waals surface area contributed by atoms with E-state index < -0.39 is 18.5 Å². The summed E-state index contributed by atoms with van der Waals surface area (Å²) >= 11 is 0. The Morgan fingerprint density at radius 2 is 2.00 bits per heavy atom. The van der Waals surface area contributed by atoms with Crippen LogP contribution in [0.1, 0.15) is 11.5 Å². The van der Waals surface area contributed by atoms with Crippen LogP contribution in [-0.2, 0) is 32.1 Å². The van der Waals surface area contributed by atoms with Crippen molar-refractivity contribution < 1.29 is 28.1 Å². The summed E-state index contributed by atoms with van der Waals surface area (Å²) in [7, 11) is 1.45. The predicted molar refractivity (Wildman–Crippen MR) is 96.9 cm³/mol. The molecule has 146 valence electrons. The van der Waals surface area contributed by atoms with Crippen LogP contribution in [0.5, 0.6) is 0 Å². The molecule has 0 aliphatic heterocycles. The van der Waals surface area contributed by atoms with Crippen molar-refractivity contribution in [2.75, 3.05) is 20.2 Å². The first-order valence-electron chi connectivity index (χ1n) is 8.55. The molecular formula is C19H19N3O6. The number of likely N-dealkylation sites (N-methyl/N-ethyl adjacent to an activating group) is 1. The number of aromatic nitrogens is 1. The highest BCUT2D eigenvalue weighted by Crippen LogP contribution is 2.18. The van der Waals surface area contributed by atoms with Gasteiger partial charge in [0.15, 0.2) is 12.2 Å². The van der Waals surface area contributed by atoms with E-state index in [2.05, 4.69) is 10.5 Å². The third-order valence-corrected chi connectivity index (χ3v) is 3.97. The second-order valence-corrected chi connectivity index (χ2v) is 6.07. The summed E-state index contributed by atoms with van der Waals surface area (Å²) in [5.74, 6) is -0.848. The van der Waals surface area contributed by atoms with Crippen LogP contribution in [0.15, 0.2) is 51.6 Å². The minimum atomic E-state index is -0.608. The van der Waals surface area contributed by atoms with Crippen molar-refractivity contribution in [3.05, 3.63) is 54.1 Å². The lowest BCUT2D eigenvalue weighted by Gasteiger charge is -2.16. The first-order valence-corrected chi connectivity index (χ1v) is 8.55. The number of furan rings is 1. The molecular weight excluding hydrogens is 366 g/mol. The van der Waals surface area contributed by atoms with E-state index in [0.717, 1.165) is 5.39 Å². The van der Waals surface area contributed by atoms with Gasteiger partial charge in [0.1, 0.15) is 11.5 Å². The van der Waals surface area contributed by atoms with Crippen molar-refractivity contribution in [3.8, 4) is 0 Å². The Kier molecular flexibility index (Phi) is 6.05. The van der Waals surface area contributed by atoms with E-state index in [1.165, 1.54) is 18.2 Å². The predicted octanol–water partition coefficient (Wildman–Crippen LogP) is 1.28. The second-order valence-electron chi connectivity index (χ2n) is 6.07. The quantitative estimate of drug-likeness (QED) is 0.581. The number of para-hydroxylation sites is 1. The third-order valence-electron chi connectivity index (χ3n) is 3.97. The Labute approximate surface area is 160 Å². The summed E-state index contributed by atoms with van der Waals surface area (Å²) in [5.41, 5.74) is 1.01. The Hall–Kier alpha value is -3.62. The maximum absolute atomic E-state index is 12.0.